The summed E-state index contributed by atoms with van der Waals surface area (Å²) in [4.78, 5) is 25.1. The SMILES string of the molecule is CCN(CC)CCSCC(=O)NC1CCC(C(=O)O)CC1. The van der Waals surface area contributed by atoms with Crippen LogP contribution in [0.25, 0.3) is 0 Å². The second-order valence-corrected chi connectivity index (χ2v) is 6.64. The molecular weight excluding hydrogens is 288 g/mol. The molecule has 1 saturated carbocycles. The summed E-state index contributed by atoms with van der Waals surface area (Å²) >= 11 is 1.67. The first kappa shape index (κ1) is 18.3. The minimum atomic E-state index is -0.702. The fourth-order valence-corrected chi connectivity index (χ4v) is 3.45. The predicted octanol–water partition coefficient (Wildman–Crippen LogP) is 1.82. The van der Waals surface area contributed by atoms with Gasteiger partial charge in [0.05, 0.1) is 11.7 Å². The zero-order valence-electron chi connectivity index (χ0n) is 13.1. The zero-order chi connectivity index (χ0) is 15.7. The first-order valence-corrected chi connectivity index (χ1v) is 9.04. The van der Waals surface area contributed by atoms with Crippen molar-refractivity contribution < 1.29 is 14.7 Å². The minimum Gasteiger partial charge on any atom is -0.481 e. The third-order valence-corrected chi connectivity index (χ3v) is 5.06. The predicted molar refractivity (Wildman–Crippen MR) is 86.6 cm³/mol. The molecule has 122 valence electrons. The lowest BCUT2D eigenvalue weighted by atomic mass is 9.86. The van der Waals surface area contributed by atoms with Gasteiger partial charge in [0.1, 0.15) is 0 Å². The fraction of sp³-hybridized carbons (Fsp3) is 0.867. The second kappa shape index (κ2) is 10.1. The van der Waals surface area contributed by atoms with Crippen LogP contribution in [0.2, 0.25) is 0 Å². The number of carbonyl (C=O) groups excluding carboxylic acids is 1. The van der Waals surface area contributed by atoms with Crippen molar-refractivity contribution in [1.29, 1.82) is 0 Å². The number of rotatable bonds is 9. The van der Waals surface area contributed by atoms with E-state index in [0.29, 0.717) is 18.6 Å². The number of nitrogens with one attached hydrogen (secondary N) is 1. The van der Waals surface area contributed by atoms with E-state index in [-0.39, 0.29) is 17.9 Å². The molecule has 0 spiro atoms. The Morgan fingerprint density at radius 3 is 2.33 bits per heavy atom. The van der Waals surface area contributed by atoms with Crippen LogP contribution in [-0.2, 0) is 9.59 Å². The summed E-state index contributed by atoms with van der Waals surface area (Å²) in [5, 5.41) is 12.0. The highest BCUT2D eigenvalue weighted by Gasteiger charge is 2.26. The lowest BCUT2D eigenvalue weighted by molar-refractivity contribution is -0.142. The van der Waals surface area contributed by atoms with E-state index < -0.39 is 5.97 Å². The van der Waals surface area contributed by atoms with Gasteiger partial charge in [0.2, 0.25) is 5.91 Å². The first-order chi connectivity index (χ1) is 10.1. The van der Waals surface area contributed by atoms with Crippen LogP contribution in [0.15, 0.2) is 0 Å². The van der Waals surface area contributed by atoms with Gasteiger partial charge in [-0.2, -0.15) is 11.8 Å². The molecule has 1 aliphatic carbocycles. The Morgan fingerprint density at radius 2 is 1.81 bits per heavy atom. The van der Waals surface area contributed by atoms with Gasteiger partial charge in [-0.15, -0.1) is 0 Å². The molecule has 21 heavy (non-hydrogen) atoms. The van der Waals surface area contributed by atoms with Crippen LogP contribution in [-0.4, -0.2) is 59.1 Å². The molecule has 0 atom stereocenters. The van der Waals surface area contributed by atoms with Crippen molar-refractivity contribution in [1.82, 2.24) is 10.2 Å². The molecule has 0 saturated heterocycles. The molecule has 1 rings (SSSR count). The number of carboxylic acids is 1. The van der Waals surface area contributed by atoms with Gasteiger partial charge in [0, 0.05) is 18.3 Å². The molecule has 0 aliphatic heterocycles. The van der Waals surface area contributed by atoms with Crippen molar-refractivity contribution in [3.8, 4) is 0 Å². The van der Waals surface area contributed by atoms with Crippen LogP contribution in [0, 0.1) is 5.92 Å². The number of carboxylic acid groups (broad SMARTS) is 1. The largest absolute Gasteiger partial charge is 0.481 e. The summed E-state index contributed by atoms with van der Waals surface area (Å²) in [6.07, 6.45) is 2.92. The van der Waals surface area contributed by atoms with E-state index in [0.717, 1.165) is 38.2 Å². The van der Waals surface area contributed by atoms with E-state index in [9.17, 15) is 9.59 Å². The van der Waals surface area contributed by atoms with Crippen LogP contribution in [0.5, 0.6) is 0 Å². The Balaban J connectivity index is 2.10. The van der Waals surface area contributed by atoms with Crippen molar-refractivity contribution in [2.45, 2.75) is 45.6 Å². The number of thioether (sulfide) groups is 1. The Labute approximate surface area is 131 Å². The molecule has 0 radical (unpaired) electrons. The first-order valence-electron chi connectivity index (χ1n) is 7.89. The minimum absolute atomic E-state index is 0.0818. The van der Waals surface area contributed by atoms with Crippen molar-refractivity contribution in [2.24, 2.45) is 5.92 Å². The molecule has 5 nitrogen and oxygen atoms in total. The van der Waals surface area contributed by atoms with Crippen molar-refractivity contribution >= 4 is 23.6 Å². The summed E-state index contributed by atoms with van der Waals surface area (Å²) in [7, 11) is 0. The van der Waals surface area contributed by atoms with Gasteiger partial charge < -0.3 is 15.3 Å². The average molecular weight is 316 g/mol. The van der Waals surface area contributed by atoms with Crippen molar-refractivity contribution in [3.63, 3.8) is 0 Å². The fourth-order valence-electron chi connectivity index (χ4n) is 2.65. The summed E-state index contributed by atoms with van der Waals surface area (Å²) in [6.45, 7) is 7.42. The number of amides is 1. The van der Waals surface area contributed by atoms with Gasteiger partial charge in [-0.25, -0.2) is 0 Å². The van der Waals surface area contributed by atoms with E-state index in [1.54, 1.807) is 11.8 Å². The van der Waals surface area contributed by atoms with Crippen molar-refractivity contribution in [2.75, 3.05) is 31.1 Å². The summed E-state index contributed by atoms with van der Waals surface area (Å²) < 4.78 is 0. The maximum atomic E-state index is 11.8. The standard InChI is InChI=1S/C15H28N2O3S/c1-3-17(4-2)9-10-21-11-14(18)16-13-7-5-12(6-8-13)15(19)20/h12-13H,3-11H2,1-2H3,(H,16,18)(H,19,20). The molecule has 0 aromatic heterocycles. The highest BCUT2D eigenvalue weighted by Crippen LogP contribution is 2.24. The zero-order valence-corrected chi connectivity index (χ0v) is 14.0. The van der Waals surface area contributed by atoms with Gasteiger partial charge in [-0.1, -0.05) is 13.8 Å². The smallest absolute Gasteiger partial charge is 0.306 e. The lowest BCUT2D eigenvalue weighted by Crippen LogP contribution is -2.39. The number of hydrogen-bond donors (Lipinski definition) is 2. The van der Waals surface area contributed by atoms with E-state index in [2.05, 4.69) is 24.1 Å². The van der Waals surface area contributed by atoms with Gasteiger partial charge in [0.25, 0.3) is 0 Å². The summed E-state index contributed by atoms with van der Waals surface area (Å²) in [5.41, 5.74) is 0. The highest BCUT2D eigenvalue weighted by atomic mass is 32.2. The van der Waals surface area contributed by atoms with Crippen LogP contribution in [0.3, 0.4) is 0 Å². The average Bonchev–Trinajstić information content (AvgIpc) is 2.48. The number of hydrogen-bond acceptors (Lipinski definition) is 4. The highest BCUT2D eigenvalue weighted by molar-refractivity contribution is 7.99. The molecule has 1 fully saturated rings. The summed E-state index contributed by atoms with van der Waals surface area (Å²) in [6, 6.07) is 0.163. The molecule has 0 heterocycles. The molecule has 6 heteroatoms. The van der Waals surface area contributed by atoms with E-state index in [1.807, 2.05) is 0 Å². The van der Waals surface area contributed by atoms with Gasteiger partial charge >= 0.3 is 5.97 Å². The van der Waals surface area contributed by atoms with Crippen LogP contribution >= 0.6 is 11.8 Å². The topological polar surface area (TPSA) is 69.6 Å². The molecule has 0 aromatic carbocycles. The van der Waals surface area contributed by atoms with Crippen LogP contribution in [0.4, 0.5) is 0 Å². The maximum Gasteiger partial charge on any atom is 0.306 e. The molecule has 2 N–H and O–H groups in total. The molecule has 1 amide bonds. The van der Waals surface area contributed by atoms with E-state index in [4.69, 9.17) is 5.11 Å². The summed E-state index contributed by atoms with van der Waals surface area (Å²) in [5.74, 6) is 0.632. The van der Waals surface area contributed by atoms with Crippen LogP contribution in [0.1, 0.15) is 39.5 Å². The van der Waals surface area contributed by atoms with E-state index in [1.165, 1.54) is 0 Å². The van der Waals surface area contributed by atoms with Gasteiger partial charge in [-0.3, -0.25) is 9.59 Å². The Bertz CT molecular complexity index is 327. The monoisotopic (exact) mass is 316 g/mol. The second-order valence-electron chi connectivity index (χ2n) is 5.53. The molecule has 1 aliphatic rings. The maximum absolute atomic E-state index is 11.8. The van der Waals surface area contributed by atoms with E-state index >= 15 is 0 Å². The third kappa shape index (κ3) is 7.18. The van der Waals surface area contributed by atoms with Crippen LogP contribution < -0.4 is 5.32 Å². The van der Waals surface area contributed by atoms with Gasteiger partial charge in [0.15, 0.2) is 0 Å². The number of aliphatic carboxylic acids is 1. The lowest BCUT2D eigenvalue weighted by Gasteiger charge is -2.26. The molecule has 0 bridgehead atoms. The number of carbonyl (C=O) groups is 2. The molecule has 0 unspecified atom stereocenters. The Morgan fingerprint density at radius 1 is 1.19 bits per heavy atom. The quantitative estimate of drug-likeness (QED) is 0.635. The van der Waals surface area contributed by atoms with Crippen molar-refractivity contribution in [3.05, 3.63) is 0 Å². The molecule has 0 aromatic rings. The Kier molecular flexibility index (Phi) is 8.76. The number of nitrogens with zero attached hydrogens (tertiary/aromatic N) is 1. The normalized spacial score (nSPS) is 22.2. The van der Waals surface area contributed by atoms with Gasteiger partial charge in [-0.05, 0) is 38.8 Å². The molecular formula is C15H28N2O3S. The Hall–Kier alpha value is -0.750. The third-order valence-electron chi connectivity index (χ3n) is 4.12.